The molecule has 0 saturated heterocycles. The predicted octanol–water partition coefficient (Wildman–Crippen LogP) is 1.71. The first-order chi connectivity index (χ1) is 9.19. The van der Waals surface area contributed by atoms with Gasteiger partial charge in [-0.25, -0.2) is 9.97 Å². The van der Waals surface area contributed by atoms with Gasteiger partial charge in [-0.2, -0.15) is 0 Å². The van der Waals surface area contributed by atoms with Crippen molar-refractivity contribution in [3.63, 3.8) is 0 Å². The first-order valence-corrected chi connectivity index (χ1v) is 6.68. The van der Waals surface area contributed by atoms with Crippen LogP contribution in [0.25, 0.3) is 0 Å². The van der Waals surface area contributed by atoms with Gasteiger partial charge in [-0.3, -0.25) is 10.1 Å². The highest BCUT2D eigenvalue weighted by Gasteiger charge is 2.10. The van der Waals surface area contributed by atoms with Crippen LogP contribution in [0.5, 0.6) is 0 Å². The zero-order valence-electron chi connectivity index (χ0n) is 10.7. The SMILES string of the molecule is CCCNc1cnc(C(=O)Nc2nnc(C)s2)cn1. The first-order valence-electron chi connectivity index (χ1n) is 5.86. The minimum atomic E-state index is -0.342. The van der Waals surface area contributed by atoms with Crippen LogP contribution in [0.2, 0.25) is 0 Å². The van der Waals surface area contributed by atoms with E-state index in [2.05, 4.69) is 37.7 Å². The summed E-state index contributed by atoms with van der Waals surface area (Å²) in [6, 6.07) is 0. The molecule has 0 spiro atoms. The molecule has 19 heavy (non-hydrogen) atoms. The van der Waals surface area contributed by atoms with E-state index in [1.54, 1.807) is 0 Å². The van der Waals surface area contributed by atoms with E-state index >= 15 is 0 Å². The van der Waals surface area contributed by atoms with Crippen molar-refractivity contribution in [3.05, 3.63) is 23.1 Å². The lowest BCUT2D eigenvalue weighted by Gasteiger charge is -2.04. The Hall–Kier alpha value is -2.09. The van der Waals surface area contributed by atoms with E-state index in [1.807, 2.05) is 6.92 Å². The van der Waals surface area contributed by atoms with Gasteiger partial charge in [-0.15, -0.1) is 10.2 Å². The van der Waals surface area contributed by atoms with E-state index < -0.39 is 0 Å². The molecule has 0 aliphatic carbocycles. The Balaban J connectivity index is 1.99. The van der Waals surface area contributed by atoms with Crippen LogP contribution >= 0.6 is 11.3 Å². The second-order valence-corrected chi connectivity index (χ2v) is 4.98. The van der Waals surface area contributed by atoms with Crippen molar-refractivity contribution < 1.29 is 4.79 Å². The summed E-state index contributed by atoms with van der Waals surface area (Å²) in [5.41, 5.74) is 0.245. The van der Waals surface area contributed by atoms with E-state index in [-0.39, 0.29) is 11.6 Å². The van der Waals surface area contributed by atoms with E-state index in [0.29, 0.717) is 10.9 Å². The molecular weight excluding hydrogens is 264 g/mol. The lowest BCUT2D eigenvalue weighted by atomic mass is 10.4. The molecule has 0 bridgehead atoms. The standard InChI is InChI=1S/C11H14N6OS/c1-3-4-12-9-6-13-8(5-14-9)10(18)15-11-17-16-7(2)19-11/h5-6H,3-4H2,1-2H3,(H,12,14)(H,15,17,18). The molecule has 2 aromatic rings. The lowest BCUT2D eigenvalue weighted by Crippen LogP contribution is -2.14. The van der Waals surface area contributed by atoms with Crippen molar-refractivity contribution in [2.45, 2.75) is 20.3 Å². The Morgan fingerprint density at radius 3 is 2.74 bits per heavy atom. The number of aryl methyl sites for hydroxylation is 1. The molecule has 2 heterocycles. The van der Waals surface area contributed by atoms with Crippen molar-refractivity contribution in [2.75, 3.05) is 17.2 Å². The van der Waals surface area contributed by atoms with Crippen LogP contribution in [0.3, 0.4) is 0 Å². The van der Waals surface area contributed by atoms with E-state index in [0.717, 1.165) is 18.0 Å². The van der Waals surface area contributed by atoms with Crippen LogP contribution in [0.1, 0.15) is 28.8 Å². The van der Waals surface area contributed by atoms with E-state index in [1.165, 1.54) is 23.7 Å². The quantitative estimate of drug-likeness (QED) is 0.865. The number of carbonyl (C=O) groups is 1. The minimum Gasteiger partial charge on any atom is -0.369 e. The van der Waals surface area contributed by atoms with Crippen LogP contribution < -0.4 is 10.6 Å². The first kappa shape index (κ1) is 13.3. The number of nitrogens with one attached hydrogen (secondary N) is 2. The number of hydrogen-bond donors (Lipinski definition) is 2. The molecule has 2 N–H and O–H groups in total. The fourth-order valence-corrected chi connectivity index (χ4v) is 1.88. The smallest absolute Gasteiger partial charge is 0.277 e. The number of amides is 1. The third kappa shape index (κ3) is 3.68. The monoisotopic (exact) mass is 278 g/mol. The predicted molar refractivity (Wildman–Crippen MR) is 73.4 cm³/mol. The van der Waals surface area contributed by atoms with E-state index in [4.69, 9.17) is 0 Å². The normalized spacial score (nSPS) is 10.2. The highest BCUT2D eigenvalue weighted by Crippen LogP contribution is 2.14. The van der Waals surface area contributed by atoms with Gasteiger partial charge >= 0.3 is 0 Å². The molecule has 0 radical (unpaired) electrons. The van der Waals surface area contributed by atoms with E-state index in [9.17, 15) is 4.79 Å². The highest BCUT2D eigenvalue weighted by molar-refractivity contribution is 7.15. The number of nitrogens with zero attached hydrogens (tertiary/aromatic N) is 4. The maximum Gasteiger partial charge on any atom is 0.277 e. The number of hydrogen-bond acceptors (Lipinski definition) is 7. The summed E-state index contributed by atoms with van der Waals surface area (Å²) in [6.45, 7) is 4.71. The van der Waals surface area contributed by atoms with Crippen molar-refractivity contribution in [1.29, 1.82) is 0 Å². The Labute approximate surface area is 114 Å². The minimum absolute atomic E-state index is 0.245. The van der Waals surface area contributed by atoms with Gasteiger partial charge in [0.1, 0.15) is 16.5 Å². The van der Waals surface area contributed by atoms with Crippen molar-refractivity contribution in [2.24, 2.45) is 0 Å². The third-order valence-electron chi connectivity index (χ3n) is 2.19. The maximum atomic E-state index is 11.9. The zero-order chi connectivity index (χ0) is 13.7. The average molecular weight is 278 g/mol. The van der Waals surface area contributed by atoms with Crippen LogP contribution in [-0.4, -0.2) is 32.6 Å². The summed E-state index contributed by atoms with van der Waals surface area (Å²) in [4.78, 5) is 20.0. The Morgan fingerprint density at radius 1 is 1.32 bits per heavy atom. The molecule has 0 aromatic carbocycles. The van der Waals surface area contributed by atoms with Gasteiger partial charge in [0.05, 0.1) is 12.4 Å². The van der Waals surface area contributed by atoms with Gasteiger partial charge in [-0.05, 0) is 13.3 Å². The fourth-order valence-electron chi connectivity index (χ4n) is 1.30. The molecule has 0 aliphatic rings. The summed E-state index contributed by atoms with van der Waals surface area (Å²) < 4.78 is 0. The van der Waals surface area contributed by atoms with Gasteiger partial charge in [0.15, 0.2) is 0 Å². The molecule has 2 aromatic heterocycles. The maximum absolute atomic E-state index is 11.9. The van der Waals surface area contributed by atoms with Gasteiger partial charge < -0.3 is 5.32 Å². The summed E-state index contributed by atoms with van der Waals surface area (Å²) >= 11 is 1.31. The van der Waals surface area contributed by atoms with Crippen molar-refractivity contribution >= 4 is 28.2 Å². The van der Waals surface area contributed by atoms with Crippen LogP contribution in [0.4, 0.5) is 10.9 Å². The molecular formula is C11H14N6OS. The molecule has 1 amide bonds. The third-order valence-corrected chi connectivity index (χ3v) is 2.94. The average Bonchev–Trinajstić information content (AvgIpc) is 2.82. The van der Waals surface area contributed by atoms with Crippen LogP contribution in [0.15, 0.2) is 12.4 Å². The molecule has 100 valence electrons. The van der Waals surface area contributed by atoms with Gasteiger partial charge in [0.2, 0.25) is 5.13 Å². The number of rotatable bonds is 5. The second-order valence-electron chi connectivity index (χ2n) is 3.79. The Morgan fingerprint density at radius 2 is 2.16 bits per heavy atom. The highest BCUT2D eigenvalue weighted by atomic mass is 32.1. The molecule has 0 aliphatic heterocycles. The molecule has 2 rings (SSSR count). The zero-order valence-corrected chi connectivity index (χ0v) is 11.5. The summed E-state index contributed by atoms with van der Waals surface area (Å²) in [7, 11) is 0. The summed E-state index contributed by atoms with van der Waals surface area (Å²) in [6.07, 6.45) is 3.97. The lowest BCUT2D eigenvalue weighted by molar-refractivity contribution is 0.102. The van der Waals surface area contributed by atoms with Crippen LogP contribution in [-0.2, 0) is 0 Å². The van der Waals surface area contributed by atoms with Crippen molar-refractivity contribution in [3.8, 4) is 0 Å². The molecule has 0 saturated carbocycles. The number of aromatic nitrogens is 4. The molecule has 8 heteroatoms. The molecule has 7 nitrogen and oxygen atoms in total. The van der Waals surface area contributed by atoms with Gasteiger partial charge in [-0.1, -0.05) is 18.3 Å². The molecule has 0 atom stereocenters. The summed E-state index contributed by atoms with van der Waals surface area (Å²) in [5.74, 6) is 0.316. The number of carbonyl (C=O) groups excluding carboxylic acids is 1. The van der Waals surface area contributed by atoms with Gasteiger partial charge in [0.25, 0.3) is 5.91 Å². The van der Waals surface area contributed by atoms with Gasteiger partial charge in [0, 0.05) is 6.54 Å². The molecule has 0 fully saturated rings. The Kier molecular flexibility index (Phi) is 4.35. The topological polar surface area (TPSA) is 92.7 Å². The Bertz CT molecular complexity index is 553. The van der Waals surface area contributed by atoms with Crippen LogP contribution in [0, 0.1) is 6.92 Å². The molecule has 0 unspecified atom stereocenters. The fraction of sp³-hybridized carbons (Fsp3) is 0.364. The second kappa shape index (κ2) is 6.19. The largest absolute Gasteiger partial charge is 0.369 e. The number of anilines is 2. The van der Waals surface area contributed by atoms with Crippen molar-refractivity contribution in [1.82, 2.24) is 20.2 Å². The summed E-state index contributed by atoms with van der Waals surface area (Å²) in [5, 5.41) is 14.6.